The zero-order valence-electron chi connectivity index (χ0n) is 16.5. The molecular weight excluding hydrogens is 364 g/mol. The van der Waals surface area contributed by atoms with Crippen molar-refractivity contribution in [1.29, 1.82) is 0 Å². The van der Waals surface area contributed by atoms with E-state index in [4.69, 9.17) is 4.74 Å². The Bertz CT molecular complexity index is 987. The van der Waals surface area contributed by atoms with Crippen LogP contribution < -0.4 is 0 Å². The van der Waals surface area contributed by atoms with Gasteiger partial charge in [-0.1, -0.05) is 30.3 Å². The van der Waals surface area contributed by atoms with E-state index in [1.165, 1.54) is 0 Å². The molecule has 2 aliphatic heterocycles. The van der Waals surface area contributed by atoms with E-state index in [0.717, 1.165) is 74.7 Å². The molecule has 0 radical (unpaired) electrons. The van der Waals surface area contributed by atoms with Crippen LogP contribution in [-0.4, -0.2) is 70.5 Å². The topological polar surface area (TPSA) is 50.1 Å². The highest BCUT2D eigenvalue weighted by atomic mass is 16.5. The SMILES string of the molecule is O=C(c1ccc2nc(-c3ccccc3)cn2c1)N1CCC(N2CCOCC2)CC1. The highest BCUT2D eigenvalue weighted by Gasteiger charge is 2.28. The molecular formula is C23H26N4O2. The molecule has 0 atom stereocenters. The number of nitrogens with zero attached hydrogens (tertiary/aromatic N) is 4. The van der Waals surface area contributed by atoms with Gasteiger partial charge in [0.05, 0.1) is 24.5 Å². The lowest BCUT2D eigenvalue weighted by molar-refractivity contribution is 0.00158. The summed E-state index contributed by atoms with van der Waals surface area (Å²) in [7, 11) is 0. The molecule has 0 spiro atoms. The third-order valence-electron chi connectivity index (χ3n) is 6.08. The molecule has 0 N–H and O–H groups in total. The lowest BCUT2D eigenvalue weighted by atomic mass is 10.0. The maximum atomic E-state index is 13.1. The van der Waals surface area contributed by atoms with Gasteiger partial charge in [0.1, 0.15) is 5.65 Å². The molecule has 29 heavy (non-hydrogen) atoms. The summed E-state index contributed by atoms with van der Waals surface area (Å²) in [6.07, 6.45) is 5.98. The second kappa shape index (κ2) is 7.97. The molecule has 6 heteroatoms. The van der Waals surface area contributed by atoms with E-state index in [1.807, 2.05) is 64.2 Å². The fourth-order valence-corrected chi connectivity index (χ4v) is 4.43. The summed E-state index contributed by atoms with van der Waals surface area (Å²) in [5.41, 5.74) is 3.57. The first-order valence-corrected chi connectivity index (χ1v) is 10.4. The second-order valence-electron chi connectivity index (χ2n) is 7.85. The molecule has 2 aliphatic rings. The van der Waals surface area contributed by atoms with E-state index in [-0.39, 0.29) is 5.91 Å². The predicted octanol–water partition coefficient (Wildman–Crippen LogP) is 2.94. The van der Waals surface area contributed by atoms with E-state index >= 15 is 0 Å². The lowest BCUT2D eigenvalue weighted by Crippen LogP contribution is -2.50. The van der Waals surface area contributed by atoms with Crippen molar-refractivity contribution in [1.82, 2.24) is 19.2 Å². The van der Waals surface area contributed by atoms with Crippen LogP contribution >= 0.6 is 0 Å². The summed E-state index contributed by atoms with van der Waals surface area (Å²) in [4.78, 5) is 22.3. The summed E-state index contributed by atoms with van der Waals surface area (Å²) in [5, 5.41) is 0. The minimum absolute atomic E-state index is 0.113. The summed E-state index contributed by atoms with van der Waals surface area (Å²) >= 11 is 0. The van der Waals surface area contributed by atoms with Crippen molar-refractivity contribution in [3.05, 3.63) is 60.4 Å². The van der Waals surface area contributed by atoms with Crippen LogP contribution in [0.4, 0.5) is 0 Å². The van der Waals surface area contributed by atoms with Crippen LogP contribution in [0.25, 0.3) is 16.9 Å². The Labute approximate surface area is 170 Å². The molecule has 0 aliphatic carbocycles. The number of hydrogen-bond donors (Lipinski definition) is 0. The summed E-state index contributed by atoms with van der Waals surface area (Å²) in [5.74, 6) is 0.113. The van der Waals surface area contributed by atoms with E-state index in [0.29, 0.717) is 6.04 Å². The highest BCUT2D eigenvalue weighted by Crippen LogP contribution is 2.22. The van der Waals surface area contributed by atoms with Crippen molar-refractivity contribution in [2.24, 2.45) is 0 Å². The van der Waals surface area contributed by atoms with Crippen LogP contribution in [0.2, 0.25) is 0 Å². The Hall–Kier alpha value is -2.70. The number of imidazole rings is 1. The average molecular weight is 390 g/mol. The number of morpholine rings is 1. The van der Waals surface area contributed by atoms with E-state index in [2.05, 4.69) is 9.88 Å². The lowest BCUT2D eigenvalue weighted by Gasteiger charge is -2.40. The number of benzene rings is 1. The van der Waals surface area contributed by atoms with Gasteiger partial charge in [0.15, 0.2) is 0 Å². The first kappa shape index (κ1) is 18.3. The van der Waals surface area contributed by atoms with Crippen LogP contribution in [0, 0.1) is 0 Å². The van der Waals surface area contributed by atoms with E-state index < -0.39 is 0 Å². The number of hydrogen-bond acceptors (Lipinski definition) is 4. The standard InChI is InChI=1S/C23H26N4O2/c28-23(26-10-8-20(9-11-26)25-12-14-29-15-13-25)19-6-7-22-24-21(17-27(22)16-19)18-4-2-1-3-5-18/h1-7,16-17,20H,8-15H2. The number of pyridine rings is 1. The van der Waals surface area contributed by atoms with Crippen LogP contribution in [0.5, 0.6) is 0 Å². The van der Waals surface area contributed by atoms with Crippen LogP contribution in [0.1, 0.15) is 23.2 Å². The predicted molar refractivity (Wildman–Crippen MR) is 112 cm³/mol. The molecule has 2 saturated heterocycles. The Balaban J connectivity index is 1.28. The first-order valence-electron chi connectivity index (χ1n) is 10.4. The number of carbonyl (C=O) groups excluding carboxylic acids is 1. The third kappa shape index (κ3) is 3.78. The molecule has 0 saturated carbocycles. The molecule has 2 aromatic heterocycles. The largest absolute Gasteiger partial charge is 0.379 e. The molecule has 0 bridgehead atoms. The van der Waals surface area contributed by atoms with Crippen molar-refractivity contribution < 1.29 is 9.53 Å². The molecule has 4 heterocycles. The van der Waals surface area contributed by atoms with Crippen molar-refractivity contribution in [2.45, 2.75) is 18.9 Å². The van der Waals surface area contributed by atoms with Gasteiger partial charge in [-0.15, -0.1) is 0 Å². The fourth-order valence-electron chi connectivity index (χ4n) is 4.43. The average Bonchev–Trinajstić information content (AvgIpc) is 3.23. The number of rotatable bonds is 3. The number of likely N-dealkylation sites (tertiary alicyclic amines) is 1. The fraction of sp³-hybridized carbons (Fsp3) is 0.391. The zero-order chi connectivity index (χ0) is 19.6. The quantitative estimate of drug-likeness (QED) is 0.690. The highest BCUT2D eigenvalue weighted by molar-refractivity contribution is 5.94. The van der Waals surface area contributed by atoms with Gasteiger partial charge in [-0.05, 0) is 25.0 Å². The monoisotopic (exact) mass is 390 g/mol. The van der Waals surface area contributed by atoms with Crippen molar-refractivity contribution >= 4 is 11.6 Å². The number of ether oxygens (including phenoxy) is 1. The van der Waals surface area contributed by atoms with Crippen LogP contribution in [0.3, 0.4) is 0 Å². The summed E-state index contributed by atoms with van der Waals surface area (Å²) in [6, 6.07) is 14.5. The number of amides is 1. The normalized spacial score (nSPS) is 19.0. The minimum atomic E-state index is 0.113. The van der Waals surface area contributed by atoms with Crippen LogP contribution in [0.15, 0.2) is 54.9 Å². The van der Waals surface area contributed by atoms with E-state index in [9.17, 15) is 4.79 Å². The van der Waals surface area contributed by atoms with Crippen molar-refractivity contribution in [3.63, 3.8) is 0 Å². The molecule has 3 aromatic rings. The molecule has 2 fully saturated rings. The molecule has 5 rings (SSSR count). The number of piperidine rings is 1. The molecule has 1 aromatic carbocycles. The molecule has 0 unspecified atom stereocenters. The number of fused-ring (bicyclic) bond motifs is 1. The van der Waals surface area contributed by atoms with E-state index in [1.54, 1.807) is 0 Å². The van der Waals surface area contributed by atoms with Gasteiger partial charge >= 0.3 is 0 Å². The van der Waals surface area contributed by atoms with Gasteiger partial charge in [-0.25, -0.2) is 4.98 Å². The van der Waals surface area contributed by atoms with Crippen LogP contribution in [-0.2, 0) is 4.74 Å². The molecule has 150 valence electrons. The smallest absolute Gasteiger partial charge is 0.255 e. The van der Waals surface area contributed by atoms with Crippen molar-refractivity contribution in [3.8, 4) is 11.3 Å². The minimum Gasteiger partial charge on any atom is -0.379 e. The third-order valence-corrected chi connectivity index (χ3v) is 6.08. The van der Waals surface area contributed by atoms with Gasteiger partial charge < -0.3 is 14.0 Å². The summed E-state index contributed by atoms with van der Waals surface area (Å²) in [6.45, 7) is 5.32. The van der Waals surface area contributed by atoms with Gasteiger partial charge in [0.25, 0.3) is 5.91 Å². The maximum absolute atomic E-state index is 13.1. The Morgan fingerprint density at radius 1 is 0.931 bits per heavy atom. The maximum Gasteiger partial charge on any atom is 0.255 e. The summed E-state index contributed by atoms with van der Waals surface area (Å²) < 4.78 is 7.41. The van der Waals surface area contributed by atoms with Gasteiger partial charge in [-0.2, -0.15) is 0 Å². The Kier molecular flexibility index (Phi) is 5.04. The first-order chi connectivity index (χ1) is 14.3. The Morgan fingerprint density at radius 3 is 2.45 bits per heavy atom. The molecule has 1 amide bonds. The number of aromatic nitrogens is 2. The van der Waals surface area contributed by atoms with Gasteiger partial charge in [-0.3, -0.25) is 9.69 Å². The van der Waals surface area contributed by atoms with Gasteiger partial charge in [0, 0.05) is 50.2 Å². The molecule has 6 nitrogen and oxygen atoms in total. The Morgan fingerprint density at radius 2 is 1.69 bits per heavy atom. The van der Waals surface area contributed by atoms with Gasteiger partial charge in [0.2, 0.25) is 0 Å². The zero-order valence-corrected chi connectivity index (χ0v) is 16.5. The number of carbonyl (C=O) groups is 1. The van der Waals surface area contributed by atoms with Crippen molar-refractivity contribution in [2.75, 3.05) is 39.4 Å². The second-order valence-corrected chi connectivity index (χ2v) is 7.85.